The molecule has 0 saturated heterocycles. The molecule has 0 fully saturated rings. The van der Waals surface area contributed by atoms with Crippen LogP contribution in [-0.2, 0) is 0 Å². The maximum absolute atomic E-state index is 8.86. The van der Waals surface area contributed by atoms with Gasteiger partial charge in [0.15, 0.2) is 0 Å². The van der Waals surface area contributed by atoms with E-state index >= 15 is 0 Å². The van der Waals surface area contributed by atoms with Gasteiger partial charge < -0.3 is 10.6 Å². The van der Waals surface area contributed by atoms with Crippen LogP contribution in [0.3, 0.4) is 0 Å². The Hall–Kier alpha value is -1.53. The van der Waals surface area contributed by atoms with E-state index in [1.54, 1.807) is 6.92 Å². The van der Waals surface area contributed by atoms with E-state index in [1.807, 2.05) is 43.1 Å². The molecule has 0 saturated carbocycles. The van der Waals surface area contributed by atoms with Crippen LogP contribution in [0.2, 0.25) is 0 Å². The first kappa shape index (κ1) is 11.5. The molecule has 0 spiro atoms. The van der Waals surface area contributed by atoms with Crippen LogP contribution in [0.15, 0.2) is 24.3 Å². The lowest BCUT2D eigenvalue weighted by molar-refractivity contribution is 0.592. The second kappa shape index (κ2) is 4.33. The van der Waals surface area contributed by atoms with Crippen molar-refractivity contribution in [2.45, 2.75) is 19.4 Å². The third-order valence-corrected chi connectivity index (χ3v) is 2.35. The first-order chi connectivity index (χ1) is 6.96. The van der Waals surface area contributed by atoms with E-state index in [1.165, 1.54) is 5.56 Å². The highest BCUT2D eigenvalue weighted by molar-refractivity contribution is 5.52. The molecular weight excluding hydrogens is 186 g/mol. The molecule has 0 aromatic heterocycles. The number of hydrogen-bond acceptors (Lipinski definition) is 3. The Morgan fingerprint density at radius 2 is 2.07 bits per heavy atom. The van der Waals surface area contributed by atoms with Crippen LogP contribution in [0.5, 0.6) is 0 Å². The SMILES string of the molecule is Cc1ccccc1N(C)CC(C)(N)C#N. The minimum atomic E-state index is -0.809. The molecule has 2 N–H and O–H groups in total. The predicted octanol–water partition coefficient (Wildman–Crippen LogP) is 1.67. The van der Waals surface area contributed by atoms with Crippen LogP contribution in [0, 0.1) is 18.3 Å². The van der Waals surface area contributed by atoms with Crippen molar-refractivity contribution in [2.24, 2.45) is 5.73 Å². The predicted molar refractivity (Wildman–Crippen MR) is 62.7 cm³/mol. The average Bonchev–Trinajstić information content (AvgIpc) is 2.17. The van der Waals surface area contributed by atoms with Gasteiger partial charge in [-0.05, 0) is 25.5 Å². The maximum Gasteiger partial charge on any atom is 0.119 e. The van der Waals surface area contributed by atoms with Gasteiger partial charge in [0.25, 0.3) is 0 Å². The van der Waals surface area contributed by atoms with E-state index < -0.39 is 5.54 Å². The Balaban J connectivity index is 2.83. The smallest absolute Gasteiger partial charge is 0.119 e. The van der Waals surface area contributed by atoms with E-state index in [2.05, 4.69) is 6.07 Å². The van der Waals surface area contributed by atoms with E-state index in [-0.39, 0.29) is 0 Å². The van der Waals surface area contributed by atoms with Gasteiger partial charge in [-0.15, -0.1) is 0 Å². The minimum absolute atomic E-state index is 0.522. The maximum atomic E-state index is 8.86. The number of likely N-dealkylation sites (N-methyl/N-ethyl adjacent to an activating group) is 1. The molecule has 1 aromatic rings. The summed E-state index contributed by atoms with van der Waals surface area (Å²) in [6.07, 6.45) is 0. The molecular formula is C12H17N3. The molecule has 0 aliphatic rings. The third-order valence-electron chi connectivity index (χ3n) is 2.35. The fraction of sp³-hybridized carbons (Fsp3) is 0.417. The summed E-state index contributed by atoms with van der Waals surface area (Å²) in [5, 5.41) is 8.86. The number of rotatable bonds is 3. The number of anilines is 1. The first-order valence-electron chi connectivity index (χ1n) is 4.93. The Morgan fingerprint density at radius 1 is 1.47 bits per heavy atom. The topological polar surface area (TPSA) is 53.0 Å². The van der Waals surface area contributed by atoms with E-state index in [0.717, 1.165) is 5.69 Å². The van der Waals surface area contributed by atoms with Crippen molar-refractivity contribution in [3.05, 3.63) is 29.8 Å². The summed E-state index contributed by atoms with van der Waals surface area (Å²) in [7, 11) is 1.95. The Kier molecular flexibility index (Phi) is 3.33. The van der Waals surface area contributed by atoms with Crippen molar-refractivity contribution in [1.82, 2.24) is 0 Å². The quantitative estimate of drug-likeness (QED) is 0.813. The average molecular weight is 203 g/mol. The lowest BCUT2D eigenvalue weighted by Crippen LogP contribution is -2.45. The second-order valence-corrected chi connectivity index (χ2v) is 4.17. The Labute approximate surface area is 91.1 Å². The first-order valence-corrected chi connectivity index (χ1v) is 4.93. The number of benzene rings is 1. The zero-order valence-electron chi connectivity index (χ0n) is 9.49. The summed E-state index contributed by atoms with van der Waals surface area (Å²) in [6, 6.07) is 10.2. The van der Waals surface area contributed by atoms with Gasteiger partial charge in [0.2, 0.25) is 0 Å². The monoisotopic (exact) mass is 203 g/mol. The van der Waals surface area contributed by atoms with Crippen LogP contribution in [-0.4, -0.2) is 19.1 Å². The molecule has 3 heteroatoms. The highest BCUT2D eigenvalue weighted by atomic mass is 15.1. The number of nitriles is 1. The lowest BCUT2D eigenvalue weighted by Gasteiger charge is -2.27. The minimum Gasteiger partial charge on any atom is -0.371 e. The highest BCUT2D eigenvalue weighted by Crippen LogP contribution is 2.18. The summed E-state index contributed by atoms with van der Waals surface area (Å²) in [5.41, 5.74) is 7.30. The van der Waals surface area contributed by atoms with Gasteiger partial charge in [-0.3, -0.25) is 0 Å². The zero-order valence-corrected chi connectivity index (χ0v) is 9.49. The Morgan fingerprint density at radius 3 is 2.60 bits per heavy atom. The summed E-state index contributed by atoms with van der Waals surface area (Å²) in [6.45, 7) is 4.31. The van der Waals surface area contributed by atoms with Crippen LogP contribution in [0.1, 0.15) is 12.5 Å². The normalized spacial score (nSPS) is 14.1. The molecule has 15 heavy (non-hydrogen) atoms. The summed E-state index contributed by atoms with van der Waals surface area (Å²) in [5.74, 6) is 0. The van der Waals surface area contributed by atoms with Gasteiger partial charge in [0.1, 0.15) is 5.54 Å². The van der Waals surface area contributed by atoms with E-state index in [9.17, 15) is 0 Å². The van der Waals surface area contributed by atoms with Gasteiger partial charge >= 0.3 is 0 Å². The van der Waals surface area contributed by atoms with Crippen LogP contribution in [0.25, 0.3) is 0 Å². The Bertz CT molecular complexity index is 377. The number of nitrogens with two attached hydrogens (primary N) is 1. The van der Waals surface area contributed by atoms with Gasteiger partial charge in [0, 0.05) is 19.3 Å². The standard InChI is InChI=1S/C12H17N3/c1-10-6-4-5-7-11(10)15(3)9-12(2,14)8-13/h4-7H,9,14H2,1-3H3. The van der Waals surface area contributed by atoms with Crippen LogP contribution < -0.4 is 10.6 Å². The van der Waals surface area contributed by atoms with E-state index in [4.69, 9.17) is 11.0 Å². The van der Waals surface area contributed by atoms with Crippen molar-refractivity contribution in [3.63, 3.8) is 0 Å². The molecule has 1 rings (SSSR count). The van der Waals surface area contributed by atoms with Crippen molar-refractivity contribution >= 4 is 5.69 Å². The van der Waals surface area contributed by atoms with E-state index in [0.29, 0.717) is 6.54 Å². The zero-order chi connectivity index (χ0) is 11.5. The second-order valence-electron chi connectivity index (χ2n) is 4.17. The molecule has 0 bridgehead atoms. The number of nitrogens with zero attached hydrogens (tertiary/aromatic N) is 2. The van der Waals surface area contributed by atoms with Gasteiger partial charge in [-0.1, -0.05) is 18.2 Å². The molecule has 0 heterocycles. The fourth-order valence-electron chi connectivity index (χ4n) is 1.60. The third kappa shape index (κ3) is 2.97. The molecule has 0 aliphatic carbocycles. The lowest BCUT2D eigenvalue weighted by atomic mass is 10.1. The highest BCUT2D eigenvalue weighted by Gasteiger charge is 2.20. The van der Waals surface area contributed by atoms with Crippen molar-refractivity contribution < 1.29 is 0 Å². The fourth-order valence-corrected chi connectivity index (χ4v) is 1.60. The van der Waals surface area contributed by atoms with Crippen molar-refractivity contribution in [3.8, 4) is 6.07 Å². The summed E-state index contributed by atoms with van der Waals surface area (Å²) < 4.78 is 0. The number of aryl methyl sites for hydroxylation is 1. The van der Waals surface area contributed by atoms with Gasteiger partial charge in [-0.25, -0.2) is 0 Å². The molecule has 1 atom stereocenters. The number of para-hydroxylation sites is 1. The summed E-state index contributed by atoms with van der Waals surface area (Å²) in [4.78, 5) is 2.01. The van der Waals surface area contributed by atoms with Gasteiger partial charge in [-0.2, -0.15) is 5.26 Å². The molecule has 1 unspecified atom stereocenters. The molecule has 0 amide bonds. The van der Waals surface area contributed by atoms with Crippen LogP contribution >= 0.6 is 0 Å². The van der Waals surface area contributed by atoms with Crippen molar-refractivity contribution in [2.75, 3.05) is 18.5 Å². The summed E-state index contributed by atoms with van der Waals surface area (Å²) >= 11 is 0. The van der Waals surface area contributed by atoms with Crippen LogP contribution in [0.4, 0.5) is 5.69 Å². The van der Waals surface area contributed by atoms with Gasteiger partial charge in [0.05, 0.1) is 6.07 Å². The molecule has 0 aliphatic heterocycles. The molecule has 1 aromatic carbocycles. The largest absolute Gasteiger partial charge is 0.371 e. The molecule has 3 nitrogen and oxygen atoms in total. The van der Waals surface area contributed by atoms with Crippen molar-refractivity contribution in [1.29, 1.82) is 5.26 Å². The molecule has 80 valence electrons. The molecule has 0 radical (unpaired) electrons. The number of hydrogen-bond donors (Lipinski definition) is 1.